The SMILES string of the molecule is COC(=O)[C@H](C)NC(=O)CCC[C@H]1CCC2[C@]3(C)CC[C@@H]4CC(=O)CC[C@]4(C)C3CC[C@@]21C. The number of hydrogen-bond acceptors (Lipinski definition) is 4. The third-order valence-corrected chi connectivity index (χ3v) is 11.2. The molecule has 2 unspecified atom stereocenters. The Morgan fingerprint density at radius 3 is 2.42 bits per heavy atom. The van der Waals surface area contributed by atoms with Gasteiger partial charge in [-0.3, -0.25) is 9.59 Å². The van der Waals surface area contributed by atoms with Gasteiger partial charge >= 0.3 is 5.97 Å². The van der Waals surface area contributed by atoms with Gasteiger partial charge in [0.25, 0.3) is 0 Å². The first-order valence-electron chi connectivity index (χ1n) is 13.4. The van der Waals surface area contributed by atoms with Crippen LogP contribution in [0, 0.1) is 39.9 Å². The highest BCUT2D eigenvalue weighted by Crippen LogP contribution is 2.72. The van der Waals surface area contributed by atoms with E-state index in [0.29, 0.717) is 40.3 Å². The van der Waals surface area contributed by atoms with Crippen molar-refractivity contribution in [2.75, 3.05) is 7.11 Å². The van der Waals surface area contributed by atoms with E-state index in [0.717, 1.165) is 43.9 Å². The molecule has 5 nitrogen and oxygen atoms in total. The van der Waals surface area contributed by atoms with Crippen LogP contribution in [0.25, 0.3) is 0 Å². The molecule has 4 rings (SSSR count). The van der Waals surface area contributed by atoms with Crippen molar-refractivity contribution in [3.63, 3.8) is 0 Å². The minimum absolute atomic E-state index is 0.0543. The maximum Gasteiger partial charge on any atom is 0.328 e. The Kier molecular flexibility index (Phi) is 6.74. The topological polar surface area (TPSA) is 72.5 Å². The number of fused-ring (bicyclic) bond motifs is 5. The zero-order valence-electron chi connectivity index (χ0n) is 21.5. The summed E-state index contributed by atoms with van der Waals surface area (Å²) < 4.78 is 4.70. The van der Waals surface area contributed by atoms with Crippen molar-refractivity contribution < 1.29 is 19.1 Å². The van der Waals surface area contributed by atoms with Gasteiger partial charge in [-0.25, -0.2) is 4.79 Å². The summed E-state index contributed by atoms with van der Waals surface area (Å²) in [5, 5.41) is 2.76. The fraction of sp³-hybridized carbons (Fsp3) is 0.893. The van der Waals surface area contributed by atoms with E-state index in [4.69, 9.17) is 4.74 Å². The first-order chi connectivity index (χ1) is 15.5. The van der Waals surface area contributed by atoms with Crippen LogP contribution in [0.5, 0.6) is 0 Å². The highest BCUT2D eigenvalue weighted by atomic mass is 16.5. The van der Waals surface area contributed by atoms with Crippen LogP contribution in [0.3, 0.4) is 0 Å². The number of Topliss-reactive ketones (excluding diaryl/α,β-unsaturated/α-hetero) is 1. The van der Waals surface area contributed by atoms with Gasteiger partial charge in [0.05, 0.1) is 7.11 Å². The number of esters is 1. The predicted molar refractivity (Wildman–Crippen MR) is 128 cm³/mol. The van der Waals surface area contributed by atoms with Gasteiger partial charge in [-0.05, 0) is 105 Å². The number of methoxy groups -OCH3 is 1. The lowest BCUT2D eigenvalue weighted by Crippen LogP contribution is -2.58. The highest BCUT2D eigenvalue weighted by Gasteiger charge is 2.64. The van der Waals surface area contributed by atoms with Crippen molar-refractivity contribution in [3.8, 4) is 0 Å². The first kappa shape index (κ1) is 24.7. The molecule has 186 valence electrons. The molecule has 0 aromatic carbocycles. The fourth-order valence-corrected chi connectivity index (χ4v) is 9.36. The minimum Gasteiger partial charge on any atom is -0.467 e. The number of ether oxygens (including phenoxy) is 1. The van der Waals surface area contributed by atoms with Crippen molar-refractivity contribution >= 4 is 17.7 Å². The number of carbonyl (C=O) groups is 3. The van der Waals surface area contributed by atoms with Crippen LogP contribution in [0.4, 0.5) is 0 Å². The van der Waals surface area contributed by atoms with Gasteiger partial charge in [0, 0.05) is 19.3 Å². The quantitative estimate of drug-likeness (QED) is 0.536. The zero-order valence-corrected chi connectivity index (χ0v) is 21.5. The average Bonchev–Trinajstić information content (AvgIpc) is 3.11. The maximum atomic E-state index is 12.3. The molecule has 4 aliphatic rings. The second kappa shape index (κ2) is 9.00. The predicted octanol–water partition coefficient (Wildman–Crippen LogP) is 5.45. The summed E-state index contributed by atoms with van der Waals surface area (Å²) in [5.41, 5.74) is 1.10. The molecule has 1 amide bonds. The van der Waals surface area contributed by atoms with E-state index in [9.17, 15) is 14.4 Å². The molecule has 4 fully saturated rings. The first-order valence-corrected chi connectivity index (χ1v) is 13.4. The van der Waals surface area contributed by atoms with E-state index < -0.39 is 12.0 Å². The van der Waals surface area contributed by atoms with E-state index in [-0.39, 0.29) is 5.91 Å². The summed E-state index contributed by atoms with van der Waals surface area (Å²) in [6, 6.07) is -0.585. The molecule has 0 bridgehead atoms. The van der Waals surface area contributed by atoms with Crippen LogP contribution in [-0.4, -0.2) is 30.8 Å². The van der Waals surface area contributed by atoms with Gasteiger partial charge in [-0.1, -0.05) is 20.8 Å². The summed E-state index contributed by atoms with van der Waals surface area (Å²) in [5.74, 6) is 2.84. The smallest absolute Gasteiger partial charge is 0.328 e. The monoisotopic (exact) mass is 459 g/mol. The van der Waals surface area contributed by atoms with Crippen LogP contribution >= 0.6 is 0 Å². The van der Waals surface area contributed by atoms with Crippen molar-refractivity contribution in [3.05, 3.63) is 0 Å². The van der Waals surface area contributed by atoms with Gasteiger partial charge in [0.15, 0.2) is 0 Å². The number of rotatable bonds is 6. The standard InChI is InChI=1S/C28H45NO4/c1-18(25(32)33-5)29-24(31)8-6-7-19-9-10-22-26(19,2)16-13-23-27(3)15-12-21(30)17-20(27)11-14-28(22,23)4/h18-20,22-23H,6-17H2,1-5H3,(H,29,31)/t18-,19-,20+,22?,23?,26+,27-,28-/m0/s1. The number of hydrogen-bond donors (Lipinski definition) is 1. The van der Waals surface area contributed by atoms with E-state index in [2.05, 4.69) is 26.1 Å². The van der Waals surface area contributed by atoms with Crippen LogP contribution in [0.15, 0.2) is 0 Å². The summed E-state index contributed by atoms with van der Waals surface area (Å²) in [7, 11) is 1.35. The van der Waals surface area contributed by atoms with E-state index in [1.807, 2.05) is 0 Å². The minimum atomic E-state index is -0.585. The van der Waals surface area contributed by atoms with Gasteiger partial charge in [0.1, 0.15) is 11.8 Å². The summed E-state index contributed by atoms with van der Waals surface area (Å²) in [6.07, 6.45) is 12.9. The zero-order chi connectivity index (χ0) is 24.0. The van der Waals surface area contributed by atoms with E-state index in [1.54, 1.807) is 6.92 Å². The van der Waals surface area contributed by atoms with Crippen LogP contribution in [-0.2, 0) is 19.1 Å². The Hall–Kier alpha value is -1.39. The molecule has 0 aromatic rings. The third-order valence-electron chi connectivity index (χ3n) is 11.2. The second-order valence-corrected chi connectivity index (χ2v) is 12.6. The van der Waals surface area contributed by atoms with Crippen LogP contribution < -0.4 is 5.32 Å². The van der Waals surface area contributed by atoms with Gasteiger partial charge in [-0.2, -0.15) is 0 Å². The molecule has 0 spiro atoms. The normalized spacial score (nSPS) is 43.1. The van der Waals surface area contributed by atoms with Crippen molar-refractivity contribution in [2.45, 2.75) is 111 Å². The number of ketones is 1. The summed E-state index contributed by atoms with van der Waals surface area (Å²) in [6.45, 7) is 9.34. The van der Waals surface area contributed by atoms with Gasteiger partial charge < -0.3 is 10.1 Å². The van der Waals surface area contributed by atoms with Crippen molar-refractivity contribution in [1.82, 2.24) is 5.32 Å². The Balaban J connectivity index is 1.38. The molecule has 4 aliphatic carbocycles. The Morgan fingerprint density at radius 1 is 1.00 bits per heavy atom. The molecule has 0 saturated heterocycles. The Morgan fingerprint density at radius 2 is 1.70 bits per heavy atom. The van der Waals surface area contributed by atoms with Gasteiger partial charge in [0.2, 0.25) is 5.91 Å². The number of carbonyl (C=O) groups excluding carboxylic acids is 3. The molecule has 5 heteroatoms. The molecule has 0 heterocycles. The second-order valence-electron chi connectivity index (χ2n) is 12.6. The number of amides is 1. The number of nitrogens with one attached hydrogen (secondary N) is 1. The highest BCUT2D eigenvalue weighted by molar-refractivity contribution is 5.84. The largest absolute Gasteiger partial charge is 0.467 e. The summed E-state index contributed by atoms with van der Waals surface area (Å²) >= 11 is 0. The summed E-state index contributed by atoms with van der Waals surface area (Å²) in [4.78, 5) is 36.0. The van der Waals surface area contributed by atoms with E-state index in [1.165, 1.54) is 45.6 Å². The van der Waals surface area contributed by atoms with E-state index >= 15 is 0 Å². The molecular weight excluding hydrogens is 414 g/mol. The molecule has 33 heavy (non-hydrogen) atoms. The molecule has 1 N–H and O–H groups in total. The van der Waals surface area contributed by atoms with Gasteiger partial charge in [-0.15, -0.1) is 0 Å². The lowest BCUT2D eigenvalue weighted by molar-refractivity contribution is -0.169. The average molecular weight is 460 g/mol. The maximum absolute atomic E-state index is 12.3. The molecule has 0 aliphatic heterocycles. The lowest BCUT2D eigenvalue weighted by atomic mass is 9.39. The van der Waals surface area contributed by atoms with Crippen molar-refractivity contribution in [1.29, 1.82) is 0 Å². The fourth-order valence-electron chi connectivity index (χ4n) is 9.36. The molecule has 4 saturated carbocycles. The molecule has 0 aromatic heterocycles. The third kappa shape index (κ3) is 4.16. The van der Waals surface area contributed by atoms with Crippen molar-refractivity contribution in [2.24, 2.45) is 39.9 Å². The molecular formula is C28H45NO4. The lowest BCUT2D eigenvalue weighted by Gasteiger charge is -2.65. The van der Waals surface area contributed by atoms with Crippen LogP contribution in [0.1, 0.15) is 105 Å². The molecule has 8 atom stereocenters. The van der Waals surface area contributed by atoms with Crippen LogP contribution in [0.2, 0.25) is 0 Å². The Bertz CT molecular complexity index is 795. The molecule has 0 radical (unpaired) electrons. The Labute approximate surface area is 200 Å².